The van der Waals surface area contributed by atoms with Gasteiger partial charge in [0.15, 0.2) is 0 Å². The zero-order valence-corrected chi connectivity index (χ0v) is 21.0. The van der Waals surface area contributed by atoms with Gasteiger partial charge in [0.1, 0.15) is 0 Å². The molecule has 0 aliphatic heterocycles. The molecule has 0 aliphatic carbocycles. The molecule has 1 aromatic carbocycles. The molecule has 0 fully saturated rings. The van der Waals surface area contributed by atoms with E-state index in [-0.39, 0.29) is 17.4 Å². The largest absolute Gasteiger partial charge is 0.478 e. The van der Waals surface area contributed by atoms with Gasteiger partial charge in [-0.15, -0.1) is 0 Å². The van der Waals surface area contributed by atoms with Gasteiger partial charge in [0, 0.05) is 13.3 Å². The van der Waals surface area contributed by atoms with E-state index in [1.807, 2.05) is 67.8 Å². The van der Waals surface area contributed by atoms with Gasteiger partial charge in [0.05, 0.1) is 27.6 Å². The van der Waals surface area contributed by atoms with Crippen LogP contribution in [0.2, 0.25) is 0 Å². The number of unbranched alkanes of at least 4 members (excludes halogenated alkanes) is 4. The molecular formula is C17H21I3N2O4. The van der Waals surface area contributed by atoms with Gasteiger partial charge < -0.3 is 15.7 Å². The van der Waals surface area contributed by atoms with Crippen LogP contribution in [-0.4, -0.2) is 22.9 Å². The summed E-state index contributed by atoms with van der Waals surface area (Å²) >= 11 is 5.86. The number of halogens is 3. The molecule has 3 N–H and O–H groups in total. The second-order valence-electron chi connectivity index (χ2n) is 5.77. The molecule has 1 rings (SSSR count). The van der Waals surface area contributed by atoms with E-state index in [4.69, 9.17) is 0 Å². The van der Waals surface area contributed by atoms with Crippen molar-refractivity contribution < 1.29 is 19.5 Å². The molecule has 2 amide bonds. The van der Waals surface area contributed by atoms with Gasteiger partial charge in [-0.25, -0.2) is 4.79 Å². The zero-order chi connectivity index (χ0) is 19.9. The fourth-order valence-electron chi connectivity index (χ4n) is 2.34. The first-order valence-electron chi connectivity index (χ1n) is 8.21. The third-order valence-corrected chi connectivity index (χ3v) is 6.84. The summed E-state index contributed by atoms with van der Waals surface area (Å²) in [5.74, 6) is -1.55. The van der Waals surface area contributed by atoms with Gasteiger partial charge in [0.2, 0.25) is 11.8 Å². The molecule has 6 nitrogen and oxygen atoms in total. The van der Waals surface area contributed by atoms with E-state index < -0.39 is 5.97 Å². The summed E-state index contributed by atoms with van der Waals surface area (Å²) < 4.78 is 1.52. The lowest BCUT2D eigenvalue weighted by molar-refractivity contribution is -0.116. The van der Waals surface area contributed by atoms with Crippen molar-refractivity contribution >= 4 is 96.9 Å². The number of amides is 2. The molecule has 0 aliphatic rings. The first kappa shape index (κ1) is 23.9. The van der Waals surface area contributed by atoms with Crippen LogP contribution in [0.4, 0.5) is 11.4 Å². The number of carboxylic acids is 1. The van der Waals surface area contributed by atoms with Gasteiger partial charge in [-0.3, -0.25) is 9.59 Å². The highest BCUT2D eigenvalue weighted by Crippen LogP contribution is 2.39. The maximum absolute atomic E-state index is 12.3. The molecule has 0 unspecified atom stereocenters. The summed E-state index contributed by atoms with van der Waals surface area (Å²) in [5, 5.41) is 15.0. The van der Waals surface area contributed by atoms with Gasteiger partial charge in [-0.2, -0.15) is 0 Å². The minimum atomic E-state index is -1.10. The lowest BCUT2D eigenvalue weighted by Crippen LogP contribution is -2.19. The van der Waals surface area contributed by atoms with Crippen LogP contribution in [0.25, 0.3) is 0 Å². The highest BCUT2D eigenvalue weighted by atomic mass is 127. The number of carbonyl (C=O) groups is 3. The third-order valence-electron chi connectivity index (χ3n) is 3.60. The number of rotatable bonds is 9. The number of hydrogen-bond donors (Lipinski definition) is 3. The number of anilines is 2. The summed E-state index contributed by atoms with van der Waals surface area (Å²) in [6.45, 7) is 3.50. The van der Waals surface area contributed by atoms with Crippen LogP contribution < -0.4 is 10.6 Å². The van der Waals surface area contributed by atoms with Crippen LogP contribution in [0.3, 0.4) is 0 Å². The number of nitrogens with one attached hydrogen (secondary N) is 2. The number of carbonyl (C=O) groups excluding carboxylic acids is 2. The molecule has 0 spiro atoms. The average molecular weight is 698 g/mol. The number of hydrogen-bond acceptors (Lipinski definition) is 3. The van der Waals surface area contributed by atoms with E-state index in [9.17, 15) is 19.5 Å². The van der Waals surface area contributed by atoms with Crippen LogP contribution in [-0.2, 0) is 9.59 Å². The molecule has 0 radical (unpaired) electrons. The average Bonchev–Trinajstić information content (AvgIpc) is 2.55. The highest BCUT2D eigenvalue weighted by Gasteiger charge is 2.25. The van der Waals surface area contributed by atoms with Crippen molar-refractivity contribution in [3.8, 4) is 0 Å². The van der Waals surface area contributed by atoms with Crippen LogP contribution >= 0.6 is 67.8 Å². The molecule has 0 saturated heterocycles. The Hall–Kier alpha value is -0.180. The Kier molecular flexibility index (Phi) is 10.7. The summed E-state index contributed by atoms with van der Waals surface area (Å²) in [5.41, 5.74) is 0.926. The van der Waals surface area contributed by atoms with E-state index in [1.165, 1.54) is 6.92 Å². The van der Waals surface area contributed by atoms with Crippen molar-refractivity contribution in [2.24, 2.45) is 0 Å². The smallest absolute Gasteiger partial charge is 0.338 e. The van der Waals surface area contributed by atoms with Gasteiger partial charge >= 0.3 is 5.97 Å². The van der Waals surface area contributed by atoms with Crippen molar-refractivity contribution in [3.05, 3.63) is 16.3 Å². The summed E-state index contributed by atoms with van der Waals surface area (Å²) in [6, 6.07) is 0. The Morgan fingerprint density at radius 3 is 1.92 bits per heavy atom. The predicted octanol–water partition coefficient (Wildman–Crippen LogP) is 5.46. The second kappa shape index (κ2) is 11.6. The summed E-state index contributed by atoms with van der Waals surface area (Å²) in [6.07, 6.45) is 5.61. The molecule has 0 saturated carbocycles. The molecule has 0 heterocycles. The first-order valence-corrected chi connectivity index (χ1v) is 11.4. The van der Waals surface area contributed by atoms with Crippen LogP contribution in [0, 0.1) is 10.7 Å². The fraction of sp³-hybridized carbons (Fsp3) is 0.471. The Labute approximate surface area is 194 Å². The molecule has 26 heavy (non-hydrogen) atoms. The minimum Gasteiger partial charge on any atom is -0.478 e. The maximum Gasteiger partial charge on any atom is 0.338 e. The standard InChI is InChI=1S/C17H21I3N2O4/c1-3-4-5-6-7-8-10(24)22-16-13(19)11(17(25)26)12(18)15(14(16)20)21-9(2)23/h3-8H2,1-2H3,(H,21,23)(H,22,24)(H,25,26). The molecule has 9 heteroatoms. The number of carboxylic acid groups (broad SMARTS) is 1. The third kappa shape index (κ3) is 6.77. The molecule has 1 aromatic rings. The molecule has 0 aromatic heterocycles. The summed E-state index contributed by atoms with van der Waals surface area (Å²) in [4.78, 5) is 35.5. The van der Waals surface area contributed by atoms with E-state index in [0.29, 0.717) is 28.5 Å². The normalized spacial score (nSPS) is 10.5. The molecule has 0 atom stereocenters. The van der Waals surface area contributed by atoms with Crippen molar-refractivity contribution in [1.29, 1.82) is 0 Å². The van der Waals surface area contributed by atoms with Crippen LogP contribution in [0.5, 0.6) is 0 Å². The Morgan fingerprint density at radius 1 is 0.885 bits per heavy atom. The van der Waals surface area contributed by atoms with E-state index in [0.717, 1.165) is 32.1 Å². The first-order chi connectivity index (χ1) is 12.2. The van der Waals surface area contributed by atoms with E-state index >= 15 is 0 Å². The highest BCUT2D eigenvalue weighted by molar-refractivity contribution is 14.1. The second-order valence-corrected chi connectivity index (χ2v) is 9.00. The van der Waals surface area contributed by atoms with Crippen LogP contribution in [0.1, 0.15) is 62.7 Å². The predicted molar refractivity (Wildman–Crippen MR) is 128 cm³/mol. The van der Waals surface area contributed by atoms with E-state index in [1.54, 1.807) is 0 Å². The van der Waals surface area contributed by atoms with Crippen molar-refractivity contribution in [1.82, 2.24) is 0 Å². The van der Waals surface area contributed by atoms with Crippen molar-refractivity contribution in [2.45, 2.75) is 52.4 Å². The van der Waals surface area contributed by atoms with E-state index in [2.05, 4.69) is 17.6 Å². The van der Waals surface area contributed by atoms with Crippen molar-refractivity contribution in [3.63, 3.8) is 0 Å². The van der Waals surface area contributed by atoms with Gasteiger partial charge in [0.25, 0.3) is 0 Å². The Morgan fingerprint density at radius 2 is 1.42 bits per heavy atom. The summed E-state index contributed by atoms with van der Waals surface area (Å²) in [7, 11) is 0. The molecule has 0 bridgehead atoms. The molecule has 144 valence electrons. The monoisotopic (exact) mass is 698 g/mol. The maximum atomic E-state index is 12.3. The van der Waals surface area contributed by atoms with Crippen LogP contribution in [0.15, 0.2) is 0 Å². The van der Waals surface area contributed by atoms with Gasteiger partial charge in [-0.05, 0) is 74.2 Å². The fourth-order valence-corrected chi connectivity index (χ4v) is 6.51. The number of benzene rings is 1. The SMILES string of the molecule is CCCCCCCC(=O)Nc1c(I)c(NC(C)=O)c(I)c(C(=O)O)c1I. The quantitative estimate of drug-likeness (QED) is 0.236. The lowest BCUT2D eigenvalue weighted by Gasteiger charge is -2.18. The molecular weight excluding hydrogens is 677 g/mol. The Balaban J connectivity index is 3.09. The lowest BCUT2D eigenvalue weighted by atomic mass is 10.1. The van der Waals surface area contributed by atoms with Gasteiger partial charge in [-0.1, -0.05) is 32.6 Å². The van der Waals surface area contributed by atoms with Crippen molar-refractivity contribution in [2.75, 3.05) is 10.6 Å². The minimum absolute atomic E-state index is 0.0774. The zero-order valence-electron chi connectivity index (χ0n) is 14.5. The number of aromatic carboxylic acids is 1. The Bertz CT molecular complexity index is 708. The topological polar surface area (TPSA) is 95.5 Å².